The molecule has 0 aliphatic rings. The number of ketones is 1. The fourth-order valence-corrected chi connectivity index (χ4v) is 3.82. The highest BCUT2D eigenvalue weighted by atomic mass is 32.1. The lowest BCUT2D eigenvalue weighted by Crippen LogP contribution is -2.39. The van der Waals surface area contributed by atoms with Gasteiger partial charge >= 0.3 is 11.3 Å². The molecule has 27 heavy (non-hydrogen) atoms. The monoisotopic (exact) mass is 383 g/mol. The summed E-state index contributed by atoms with van der Waals surface area (Å²) in [4.78, 5) is 30.0. The van der Waals surface area contributed by atoms with Crippen molar-refractivity contribution >= 4 is 33.0 Å². The number of anilines is 1. The molecule has 136 valence electrons. The number of nitrogen functional groups attached to an aromatic ring is 1. The van der Waals surface area contributed by atoms with Gasteiger partial charge in [-0.15, -0.1) is 11.3 Å². The van der Waals surface area contributed by atoms with Gasteiger partial charge in [0.05, 0.1) is 18.5 Å². The van der Waals surface area contributed by atoms with Gasteiger partial charge in [-0.05, 0) is 41.7 Å². The highest BCUT2D eigenvalue weighted by molar-refractivity contribution is 7.21. The van der Waals surface area contributed by atoms with Crippen molar-refractivity contribution in [3.63, 3.8) is 0 Å². The molecular formula is C18H15N4O4S+. The fourth-order valence-electron chi connectivity index (χ4n) is 2.78. The van der Waals surface area contributed by atoms with E-state index in [4.69, 9.17) is 10.5 Å². The van der Waals surface area contributed by atoms with Crippen molar-refractivity contribution in [2.24, 2.45) is 7.05 Å². The number of rotatable bonds is 4. The molecule has 3 heterocycles. The number of aromatic amines is 1. The zero-order valence-electron chi connectivity index (χ0n) is 14.5. The number of fused-ring (bicyclic) bond motifs is 1. The quantitative estimate of drug-likeness (QED) is 0.411. The van der Waals surface area contributed by atoms with Crippen molar-refractivity contribution in [3.8, 4) is 17.0 Å². The van der Waals surface area contributed by atoms with Crippen molar-refractivity contribution < 1.29 is 18.7 Å². The number of carbonyl (C=O) groups is 1. The van der Waals surface area contributed by atoms with E-state index in [0.717, 1.165) is 28.3 Å². The topological polar surface area (TPSA) is 115 Å². The van der Waals surface area contributed by atoms with Crippen molar-refractivity contribution in [1.82, 2.24) is 10.3 Å². The molecule has 0 fully saturated rings. The highest BCUT2D eigenvalue weighted by Crippen LogP contribution is 2.35. The molecule has 0 saturated carbocycles. The van der Waals surface area contributed by atoms with Crippen LogP contribution < -0.4 is 20.8 Å². The second-order valence-electron chi connectivity index (χ2n) is 5.84. The Morgan fingerprint density at radius 1 is 1.26 bits per heavy atom. The molecule has 0 unspecified atom stereocenters. The third-order valence-corrected chi connectivity index (χ3v) is 5.32. The summed E-state index contributed by atoms with van der Waals surface area (Å²) in [5, 5.41) is 3.00. The molecule has 0 amide bonds. The molecule has 0 saturated heterocycles. The molecule has 8 nitrogen and oxygen atoms in total. The lowest BCUT2D eigenvalue weighted by Gasteiger charge is -2.03. The third-order valence-electron chi connectivity index (χ3n) is 4.20. The molecular weight excluding hydrogens is 368 g/mol. The van der Waals surface area contributed by atoms with Crippen molar-refractivity contribution in [3.05, 3.63) is 57.4 Å². The molecule has 3 N–H and O–H groups in total. The van der Waals surface area contributed by atoms with Gasteiger partial charge in [-0.2, -0.15) is 0 Å². The van der Waals surface area contributed by atoms with Crippen LogP contribution in [0.3, 0.4) is 0 Å². The average molecular weight is 383 g/mol. The van der Waals surface area contributed by atoms with Gasteiger partial charge in [-0.25, -0.2) is 9.78 Å². The van der Waals surface area contributed by atoms with Gasteiger partial charge in [0.1, 0.15) is 15.5 Å². The summed E-state index contributed by atoms with van der Waals surface area (Å²) in [6.45, 7) is 0. The van der Waals surface area contributed by atoms with E-state index in [9.17, 15) is 9.59 Å². The van der Waals surface area contributed by atoms with Crippen LogP contribution in [0.15, 0.2) is 45.7 Å². The van der Waals surface area contributed by atoms with Gasteiger partial charge in [0, 0.05) is 10.9 Å². The third kappa shape index (κ3) is 2.77. The Balaban J connectivity index is 1.79. The molecule has 0 spiro atoms. The minimum Gasteiger partial charge on any atom is -0.497 e. The molecule has 0 bridgehead atoms. The Morgan fingerprint density at radius 3 is 2.63 bits per heavy atom. The van der Waals surface area contributed by atoms with E-state index >= 15 is 0 Å². The second-order valence-corrected chi connectivity index (χ2v) is 6.84. The van der Waals surface area contributed by atoms with Crippen LogP contribution in [0, 0.1) is 0 Å². The van der Waals surface area contributed by atoms with Crippen LogP contribution >= 0.6 is 11.3 Å². The number of nitrogens with zero attached hydrogens (tertiary/aromatic N) is 2. The number of carbonyl (C=O) groups excluding carboxylic acids is 1. The average Bonchev–Trinajstić information content (AvgIpc) is 3.20. The van der Waals surface area contributed by atoms with E-state index in [0.29, 0.717) is 15.9 Å². The van der Waals surface area contributed by atoms with Crippen molar-refractivity contribution in [2.75, 3.05) is 12.8 Å². The number of hydrogen-bond donors (Lipinski definition) is 2. The summed E-state index contributed by atoms with van der Waals surface area (Å²) in [6.07, 6.45) is 0. The standard InChI is InChI=1S/C18H14N4O4S/c1-22-14(18(24)26-21-22)15(23)16-13(19)11-7-8-12(20-17(11)27-16)9-3-5-10(25-2)6-4-9/h3-8H,1-2H3,(H2-,19,21,23,24)/p+1. The molecule has 4 aromatic rings. The van der Waals surface area contributed by atoms with E-state index in [-0.39, 0.29) is 10.6 Å². The zero-order chi connectivity index (χ0) is 19.1. The van der Waals surface area contributed by atoms with E-state index < -0.39 is 11.4 Å². The van der Waals surface area contributed by atoms with Crippen LogP contribution in [0.1, 0.15) is 15.4 Å². The van der Waals surface area contributed by atoms with Crippen LogP contribution in [0.4, 0.5) is 5.69 Å². The Bertz CT molecular complexity index is 1220. The van der Waals surface area contributed by atoms with Crippen LogP contribution in [0.2, 0.25) is 0 Å². The SMILES string of the molecule is COc1ccc(-c2ccc3c(N)c(C(=O)c4c(=O)o[nH][n+]4C)sc3n2)cc1. The molecule has 1 aromatic carbocycles. The first-order chi connectivity index (χ1) is 13.0. The normalized spacial score (nSPS) is 11.0. The molecule has 4 rings (SSSR count). The first-order valence-corrected chi connectivity index (χ1v) is 8.77. The smallest absolute Gasteiger partial charge is 0.438 e. The highest BCUT2D eigenvalue weighted by Gasteiger charge is 2.31. The lowest BCUT2D eigenvalue weighted by atomic mass is 10.1. The summed E-state index contributed by atoms with van der Waals surface area (Å²) < 4.78 is 11.0. The van der Waals surface area contributed by atoms with Gasteiger partial charge < -0.3 is 10.5 Å². The number of nitrogens with one attached hydrogen (secondary N) is 1. The Kier molecular flexibility index (Phi) is 4.00. The van der Waals surface area contributed by atoms with Crippen LogP contribution in [-0.4, -0.2) is 23.1 Å². The molecule has 0 radical (unpaired) electrons. The van der Waals surface area contributed by atoms with E-state index in [2.05, 4.69) is 14.8 Å². The lowest BCUT2D eigenvalue weighted by molar-refractivity contribution is -0.741. The predicted molar refractivity (Wildman–Crippen MR) is 100.0 cm³/mol. The minimum absolute atomic E-state index is 0.122. The van der Waals surface area contributed by atoms with Gasteiger partial charge in [-0.1, -0.05) is 4.68 Å². The summed E-state index contributed by atoms with van der Waals surface area (Å²) >= 11 is 1.15. The summed E-state index contributed by atoms with van der Waals surface area (Å²) in [6, 6.07) is 11.2. The number of nitrogens with two attached hydrogens (primary N) is 1. The summed E-state index contributed by atoms with van der Waals surface area (Å²) in [5.74, 6) is 0.255. The maximum atomic E-state index is 12.8. The van der Waals surface area contributed by atoms with Crippen molar-refractivity contribution in [1.29, 1.82) is 0 Å². The van der Waals surface area contributed by atoms with E-state index in [1.807, 2.05) is 36.4 Å². The maximum Gasteiger partial charge on any atom is 0.438 e. The number of aromatic nitrogens is 3. The van der Waals surface area contributed by atoms with Gasteiger partial charge in [0.15, 0.2) is 7.05 Å². The number of pyridine rings is 1. The predicted octanol–water partition coefficient (Wildman–Crippen LogP) is 1.89. The number of hydrogen-bond acceptors (Lipinski definition) is 7. The first-order valence-electron chi connectivity index (χ1n) is 7.95. The van der Waals surface area contributed by atoms with Gasteiger partial charge in [0.25, 0.3) is 5.78 Å². The summed E-state index contributed by atoms with van der Waals surface area (Å²) in [5.41, 5.74) is 7.25. The second kappa shape index (κ2) is 6.36. The Hall–Kier alpha value is -3.46. The number of thiophene rings is 1. The summed E-state index contributed by atoms with van der Waals surface area (Å²) in [7, 11) is 3.12. The maximum absolute atomic E-state index is 12.8. The van der Waals surface area contributed by atoms with Gasteiger partial charge in [0.2, 0.25) is 0 Å². The van der Waals surface area contributed by atoms with E-state index in [1.165, 1.54) is 11.7 Å². The minimum atomic E-state index is -0.744. The number of benzene rings is 1. The molecule has 3 aromatic heterocycles. The van der Waals surface area contributed by atoms with Crippen LogP contribution in [-0.2, 0) is 7.05 Å². The number of methoxy groups -OCH3 is 1. The first kappa shape index (κ1) is 17.0. The molecule has 0 aliphatic carbocycles. The zero-order valence-corrected chi connectivity index (χ0v) is 15.3. The molecule has 0 aliphatic heterocycles. The Labute approximate surface area is 156 Å². The van der Waals surface area contributed by atoms with Gasteiger partial charge in [-0.3, -0.25) is 9.32 Å². The fraction of sp³-hybridized carbons (Fsp3) is 0.111. The number of ether oxygens (including phenoxy) is 1. The largest absolute Gasteiger partial charge is 0.497 e. The van der Waals surface area contributed by atoms with Crippen LogP contribution in [0.5, 0.6) is 5.75 Å². The number of H-pyrrole nitrogens is 1. The van der Waals surface area contributed by atoms with Crippen LogP contribution in [0.25, 0.3) is 21.5 Å². The van der Waals surface area contributed by atoms with Crippen molar-refractivity contribution in [2.45, 2.75) is 0 Å². The number of aryl methyl sites for hydroxylation is 1. The van der Waals surface area contributed by atoms with E-state index in [1.54, 1.807) is 7.11 Å². The molecule has 0 atom stereocenters. The Morgan fingerprint density at radius 2 is 2.00 bits per heavy atom. The molecule has 9 heteroatoms.